The van der Waals surface area contributed by atoms with E-state index >= 15 is 0 Å². The third-order valence-electron chi connectivity index (χ3n) is 2.91. The van der Waals surface area contributed by atoms with Crippen molar-refractivity contribution in [3.63, 3.8) is 0 Å². The fourth-order valence-corrected chi connectivity index (χ4v) is 3.25. The second kappa shape index (κ2) is 5.84. The Kier molecular flexibility index (Phi) is 4.31. The number of non-ortho nitro benzene ring substituents is 1. The first kappa shape index (κ1) is 15.5. The molecule has 2 rings (SSSR count). The van der Waals surface area contributed by atoms with Crippen LogP contribution >= 0.6 is 11.6 Å². The summed E-state index contributed by atoms with van der Waals surface area (Å²) in [4.78, 5) is 9.74. The zero-order chi connectivity index (χ0) is 15.6. The van der Waals surface area contributed by atoms with Crippen molar-refractivity contribution in [2.45, 2.75) is 11.4 Å². The topological polar surface area (TPSA) is 94.2 Å². The molecule has 0 bridgehead atoms. The first-order chi connectivity index (χ1) is 9.81. The number of nitrogens with zero attached hydrogens (tertiary/aromatic N) is 2. The Morgan fingerprint density at radius 1 is 1.38 bits per heavy atom. The Morgan fingerprint density at radius 2 is 2.10 bits per heavy atom. The number of halogens is 1. The monoisotopic (exact) mass is 329 g/mol. The van der Waals surface area contributed by atoms with Gasteiger partial charge in [-0.3, -0.25) is 10.1 Å². The molecule has 0 aliphatic heterocycles. The third-order valence-corrected chi connectivity index (χ3v) is 4.79. The second-order valence-corrected chi connectivity index (χ2v) is 6.45. The van der Waals surface area contributed by atoms with Gasteiger partial charge < -0.3 is 4.57 Å². The number of nitro groups is 1. The number of nitrogens with one attached hydrogen (secondary N) is 1. The van der Waals surface area contributed by atoms with Crippen molar-refractivity contribution in [3.05, 3.63) is 57.4 Å². The maximum absolute atomic E-state index is 12.2. The fraction of sp³-hybridized carbons (Fsp3) is 0.167. The van der Waals surface area contributed by atoms with E-state index in [-0.39, 0.29) is 22.2 Å². The van der Waals surface area contributed by atoms with Crippen LogP contribution in [0.1, 0.15) is 5.69 Å². The molecule has 0 saturated carbocycles. The van der Waals surface area contributed by atoms with Gasteiger partial charge in [0.25, 0.3) is 5.69 Å². The molecule has 7 nitrogen and oxygen atoms in total. The molecule has 1 heterocycles. The van der Waals surface area contributed by atoms with Crippen LogP contribution in [-0.2, 0) is 23.6 Å². The van der Waals surface area contributed by atoms with Gasteiger partial charge in [0, 0.05) is 31.1 Å². The van der Waals surface area contributed by atoms with Crippen molar-refractivity contribution in [2.24, 2.45) is 7.05 Å². The molecule has 0 saturated heterocycles. The van der Waals surface area contributed by atoms with Gasteiger partial charge in [-0.05, 0) is 18.2 Å². The SMILES string of the molecule is Cn1cccc1CNS(=O)(=O)c1cc([N+](=O)[O-])ccc1Cl. The fourth-order valence-electron chi connectivity index (χ4n) is 1.74. The molecule has 0 unspecified atom stereocenters. The number of aryl methyl sites for hydroxylation is 1. The minimum absolute atomic E-state index is 0.0604. The number of hydrogen-bond acceptors (Lipinski definition) is 4. The summed E-state index contributed by atoms with van der Waals surface area (Å²) in [6.45, 7) is 0.0604. The summed E-state index contributed by atoms with van der Waals surface area (Å²) in [7, 11) is -2.16. The quantitative estimate of drug-likeness (QED) is 0.671. The summed E-state index contributed by atoms with van der Waals surface area (Å²) >= 11 is 5.83. The lowest BCUT2D eigenvalue weighted by Crippen LogP contribution is -2.24. The van der Waals surface area contributed by atoms with Crippen LogP contribution in [-0.4, -0.2) is 17.9 Å². The van der Waals surface area contributed by atoms with Crippen LogP contribution in [0.2, 0.25) is 5.02 Å². The standard InChI is InChI=1S/C12H12ClN3O4S/c1-15-6-2-3-10(15)8-14-21(19,20)12-7-9(16(17)18)4-5-11(12)13/h2-7,14H,8H2,1H3. The van der Waals surface area contributed by atoms with Crippen molar-refractivity contribution in [1.82, 2.24) is 9.29 Å². The van der Waals surface area contributed by atoms with Crippen LogP contribution in [0, 0.1) is 10.1 Å². The predicted molar refractivity (Wildman–Crippen MR) is 77.5 cm³/mol. The van der Waals surface area contributed by atoms with Crippen LogP contribution in [0.15, 0.2) is 41.4 Å². The molecule has 1 N–H and O–H groups in total. The Labute approximate surface area is 126 Å². The van der Waals surface area contributed by atoms with E-state index in [1.54, 1.807) is 29.9 Å². The van der Waals surface area contributed by atoms with Crippen LogP contribution < -0.4 is 4.72 Å². The Balaban J connectivity index is 2.29. The lowest BCUT2D eigenvalue weighted by Gasteiger charge is -2.09. The minimum Gasteiger partial charge on any atom is -0.353 e. The highest BCUT2D eigenvalue weighted by atomic mass is 35.5. The Morgan fingerprint density at radius 3 is 2.67 bits per heavy atom. The smallest absolute Gasteiger partial charge is 0.270 e. The van der Waals surface area contributed by atoms with Gasteiger partial charge in [0.15, 0.2) is 0 Å². The van der Waals surface area contributed by atoms with Crippen molar-refractivity contribution >= 4 is 27.3 Å². The summed E-state index contributed by atoms with van der Waals surface area (Å²) in [6.07, 6.45) is 1.78. The van der Waals surface area contributed by atoms with Gasteiger partial charge in [-0.15, -0.1) is 0 Å². The predicted octanol–water partition coefficient (Wildman–Crippen LogP) is 2.07. The minimum atomic E-state index is -3.94. The van der Waals surface area contributed by atoms with E-state index in [1.165, 1.54) is 6.07 Å². The molecule has 1 aromatic heterocycles. The highest BCUT2D eigenvalue weighted by Crippen LogP contribution is 2.26. The van der Waals surface area contributed by atoms with Gasteiger partial charge in [0.1, 0.15) is 4.90 Å². The molecule has 0 amide bonds. The van der Waals surface area contributed by atoms with E-state index < -0.39 is 14.9 Å². The number of hydrogen-bond donors (Lipinski definition) is 1. The first-order valence-corrected chi connectivity index (χ1v) is 7.71. The molecule has 0 spiro atoms. The first-order valence-electron chi connectivity index (χ1n) is 5.85. The Hall–Kier alpha value is -1.90. The molecule has 0 atom stereocenters. The van der Waals surface area contributed by atoms with Crippen LogP contribution in [0.4, 0.5) is 5.69 Å². The highest BCUT2D eigenvalue weighted by molar-refractivity contribution is 7.89. The molecule has 1 aromatic carbocycles. The summed E-state index contributed by atoms with van der Waals surface area (Å²) in [6, 6.07) is 6.83. The van der Waals surface area contributed by atoms with E-state index in [0.717, 1.165) is 17.8 Å². The van der Waals surface area contributed by atoms with E-state index in [2.05, 4.69) is 4.72 Å². The molecule has 0 radical (unpaired) electrons. The largest absolute Gasteiger partial charge is 0.353 e. The van der Waals surface area contributed by atoms with Gasteiger partial charge in [-0.25, -0.2) is 13.1 Å². The average molecular weight is 330 g/mol. The maximum Gasteiger partial charge on any atom is 0.270 e. The summed E-state index contributed by atoms with van der Waals surface area (Å²) < 4.78 is 28.5. The number of rotatable bonds is 5. The summed E-state index contributed by atoms with van der Waals surface area (Å²) in [5.41, 5.74) is 0.416. The lowest BCUT2D eigenvalue weighted by molar-refractivity contribution is -0.385. The number of nitro benzene ring substituents is 1. The molecule has 112 valence electrons. The molecule has 0 aliphatic carbocycles. The third kappa shape index (κ3) is 3.41. The van der Waals surface area contributed by atoms with Crippen LogP contribution in [0.5, 0.6) is 0 Å². The van der Waals surface area contributed by atoms with Crippen molar-refractivity contribution in [3.8, 4) is 0 Å². The van der Waals surface area contributed by atoms with Crippen LogP contribution in [0.3, 0.4) is 0 Å². The van der Waals surface area contributed by atoms with Gasteiger partial charge in [-0.2, -0.15) is 0 Å². The molecule has 2 aromatic rings. The maximum atomic E-state index is 12.2. The zero-order valence-corrected chi connectivity index (χ0v) is 12.6. The van der Waals surface area contributed by atoms with E-state index in [4.69, 9.17) is 11.6 Å². The lowest BCUT2D eigenvalue weighted by atomic mass is 10.3. The number of sulfonamides is 1. The summed E-state index contributed by atoms with van der Waals surface area (Å²) in [5, 5.41) is 10.7. The molecular formula is C12H12ClN3O4S. The highest BCUT2D eigenvalue weighted by Gasteiger charge is 2.21. The molecule has 9 heteroatoms. The van der Waals surface area contributed by atoms with Crippen molar-refractivity contribution < 1.29 is 13.3 Å². The number of benzene rings is 1. The second-order valence-electron chi connectivity index (χ2n) is 4.31. The molecule has 21 heavy (non-hydrogen) atoms. The average Bonchev–Trinajstić information content (AvgIpc) is 2.82. The summed E-state index contributed by atoms with van der Waals surface area (Å²) in [5.74, 6) is 0. The Bertz CT molecular complexity index is 786. The molecular weight excluding hydrogens is 318 g/mol. The van der Waals surface area contributed by atoms with Gasteiger partial charge >= 0.3 is 0 Å². The molecule has 0 aliphatic rings. The zero-order valence-electron chi connectivity index (χ0n) is 11.0. The van der Waals surface area contributed by atoms with Crippen molar-refractivity contribution in [1.29, 1.82) is 0 Å². The van der Waals surface area contributed by atoms with E-state index in [1.807, 2.05) is 0 Å². The van der Waals surface area contributed by atoms with E-state index in [0.29, 0.717) is 0 Å². The number of aromatic nitrogens is 1. The van der Waals surface area contributed by atoms with Crippen molar-refractivity contribution in [2.75, 3.05) is 0 Å². The van der Waals surface area contributed by atoms with E-state index in [9.17, 15) is 18.5 Å². The molecule has 0 fully saturated rings. The van der Waals surface area contributed by atoms with Crippen LogP contribution in [0.25, 0.3) is 0 Å². The van der Waals surface area contributed by atoms with Gasteiger partial charge in [0.05, 0.1) is 16.5 Å². The van der Waals surface area contributed by atoms with Gasteiger partial charge in [-0.1, -0.05) is 11.6 Å². The van der Waals surface area contributed by atoms with Gasteiger partial charge in [0.2, 0.25) is 10.0 Å². The normalized spacial score (nSPS) is 11.5.